The third kappa shape index (κ3) is 2.43. The van der Waals surface area contributed by atoms with Gasteiger partial charge in [0.15, 0.2) is 0 Å². The maximum Gasteiger partial charge on any atom is 0.407 e. The van der Waals surface area contributed by atoms with Crippen LogP contribution in [0.15, 0.2) is 0 Å². The van der Waals surface area contributed by atoms with Crippen molar-refractivity contribution in [2.24, 2.45) is 0 Å². The van der Waals surface area contributed by atoms with E-state index in [-0.39, 0.29) is 11.7 Å². The van der Waals surface area contributed by atoms with Crippen molar-refractivity contribution < 1.29 is 14.3 Å². The zero-order chi connectivity index (χ0) is 11.1. The fourth-order valence-corrected chi connectivity index (χ4v) is 2.16. The molecule has 1 amide bonds. The van der Waals surface area contributed by atoms with Crippen LogP contribution in [0.2, 0.25) is 0 Å². The van der Waals surface area contributed by atoms with Crippen molar-refractivity contribution in [2.75, 3.05) is 6.54 Å². The van der Waals surface area contributed by atoms with Crippen LogP contribution in [0.4, 0.5) is 4.79 Å². The maximum absolute atomic E-state index is 11.4. The van der Waals surface area contributed by atoms with Gasteiger partial charge in [0, 0.05) is 0 Å². The molecule has 15 heavy (non-hydrogen) atoms. The van der Waals surface area contributed by atoms with Crippen molar-refractivity contribution in [2.45, 2.75) is 57.3 Å². The Labute approximate surface area is 90.3 Å². The molecule has 0 aromatic rings. The molecular weight excluding hydrogens is 194 g/mol. The summed E-state index contributed by atoms with van der Waals surface area (Å²) in [5.41, 5.74) is -0.474. The Morgan fingerprint density at radius 3 is 2.80 bits per heavy atom. The van der Waals surface area contributed by atoms with Gasteiger partial charge in [-0.2, -0.15) is 0 Å². The van der Waals surface area contributed by atoms with E-state index in [0.29, 0.717) is 12.6 Å². The molecule has 1 N–H and O–H groups in total. The molecular formula is C11H19NO3. The number of amides is 1. The van der Waals surface area contributed by atoms with E-state index in [9.17, 15) is 4.79 Å². The van der Waals surface area contributed by atoms with E-state index in [1.165, 1.54) is 6.42 Å². The Kier molecular flexibility index (Phi) is 2.41. The summed E-state index contributed by atoms with van der Waals surface area (Å²) < 4.78 is 10.7. The molecule has 1 aliphatic heterocycles. The fourth-order valence-electron chi connectivity index (χ4n) is 2.16. The van der Waals surface area contributed by atoms with Gasteiger partial charge < -0.3 is 14.8 Å². The minimum atomic E-state index is -0.429. The zero-order valence-electron chi connectivity index (χ0n) is 9.63. The number of ether oxygens (including phenoxy) is 2. The molecule has 1 saturated carbocycles. The van der Waals surface area contributed by atoms with Crippen LogP contribution >= 0.6 is 0 Å². The normalized spacial score (nSPS) is 33.4. The Bertz CT molecular complexity index is 271. The highest BCUT2D eigenvalue weighted by Crippen LogP contribution is 2.49. The van der Waals surface area contributed by atoms with Crippen molar-refractivity contribution in [1.29, 1.82) is 0 Å². The van der Waals surface area contributed by atoms with Crippen LogP contribution in [0, 0.1) is 0 Å². The fraction of sp³-hybridized carbons (Fsp3) is 0.909. The van der Waals surface area contributed by atoms with Gasteiger partial charge in [0.25, 0.3) is 0 Å². The smallest absolute Gasteiger partial charge is 0.407 e. The average molecular weight is 213 g/mol. The molecule has 86 valence electrons. The minimum Gasteiger partial charge on any atom is -0.444 e. The van der Waals surface area contributed by atoms with Gasteiger partial charge >= 0.3 is 6.09 Å². The number of carbonyl (C=O) groups is 1. The summed E-state index contributed by atoms with van der Waals surface area (Å²) in [6, 6.07) is 0. The Morgan fingerprint density at radius 2 is 2.33 bits per heavy atom. The number of nitrogens with one attached hydrogen (secondary N) is 1. The summed E-state index contributed by atoms with van der Waals surface area (Å²) in [4.78, 5) is 11.4. The second-order valence-electron chi connectivity index (χ2n) is 5.42. The van der Waals surface area contributed by atoms with Crippen LogP contribution in [0.25, 0.3) is 0 Å². The number of rotatable bonds is 2. The first-order chi connectivity index (χ1) is 6.91. The molecule has 0 radical (unpaired) electrons. The van der Waals surface area contributed by atoms with E-state index in [2.05, 4.69) is 5.32 Å². The average Bonchev–Trinajstić information content (AvgIpc) is 2.63. The van der Waals surface area contributed by atoms with Gasteiger partial charge in [0.2, 0.25) is 0 Å². The van der Waals surface area contributed by atoms with E-state index in [1.807, 2.05) is 20.8 Å². The Hall–Kier alpha value is -0.770. The zero-order valence-corrected chi connectivity index (χ0v) is 9.63. The first-order valence-electron chi connectivity index (χ1n) is 5.56. The topological polar surface area (TPSA) is 50.9 Å². The second-order valence-corrected chi connectivity index (χ2v) is 5.42. The predicted molar refractivity (Wildman–Crippen MR) is 55.7 cm³/mol. The van der Waals surface area contributed by atoms with E-state index in [4.69, 9.17) is 9.47 Å². The molecule has 2 rings (SSSR count). The lowest BCUT2D eigenvalue weighted by Crippen LogP contribution is -2.38. The van der Waals surface area contributed by atoms with Gasteiger partial charge in [0.1, 0.15) is 11.2 Å². The van der Waals surface area contributed by atoms with E-state index in [0.717, 1.165) is 12.8 Å². The third-order valence-corrected chi connectivity index (χ3v) is 2.90. The molecule has 0 aromatic heterocycles. The van der Waals surface area contributed by atoms with Crippen LogP contribution < -0.4 is 5.32 Å². The van der Waals surface area contributed by atoms with Gasteiger partial charge in [-0.05, 0) is 40.0 Å². The molecule has 4 nitrogen and oxygen atoms in total. The SMILES string of the molecule is CC(C)(C)OC(=O)NCC12CCCC1O2. The third-order valence-electron chi connectivity index (χ3n) is 2.90. The highest BCUT2D eigenvalue weighted by molar-refractivity contribution is 5.67. The van der Waals surface area contributed by atoms with Gasteiger partial charge in [-0.3, -0.25) is 0 Å². The van der Waals surface area contributed by atoms with Gasteiger partial charge in [0.05, 0.1) is 12.6 Å². The molecule has 0 bridgehead atoms. The molecule has 2 atom stereocenters. The summed E-state index contributed by atoms with van der Waals surface area (Å²) in [7, 11) is 0. The molecule has 1 heterocycles. The molecule has 2 aliphatic rings. The molecule has 0 spiro atoms. The first kappa shape index (κ1) is 10.7. The standard InChI is InChI=1S/C11H19NO3/c1-10(2,3)15-9(13)12-7-11-6-4-5-8(11)14-11/h8H,4-7H2,1-3H3,(H,12,13). The minimum absolute atomic E-state index is 0.0447. The summed E-state index contributed by atoms with van der Waals surface area (Å²) in [6.45, 7) is 6.16. The summed E-state index contributed by atoms with van der Waals surface area (Å²) in [5.74, 6) is 0. The lowest BCUT2D eigenvalue weighted by Gasteiger charge is -2.20. The summed E-state index contributed by atoms with van der Waals surface area (Å²) >= 11 is 0. The van der Waals surface area contributed by atoms with Crippen molar-refractivity contribution >= 4 is 6.09 Å². The molecule has 4 heteroatoms. The van der Waals surface area contributed by atoms with E-state index in [1.54, 1.807) is 0 Å². The molecule has 2 fully saturated rings. The monoisotopic (exact) mass is 213 g/mol. The largest absolute Gasteiger partial charge is 0.444 e. The summed E-state index contributed by atoms with van der Waals surface area (Å²) in [5, 5.41) is 2.78. The van der Waals surface area contributed by atoms with E-state index < -0.39 is 5.60 Å². The maximum atomic E-state index is 11.4. The van der Waals surface area contributed by atoms with Crippen LogP contribution in [0.3, 0.4) is 0 Å². The molecule has 1 aliphatic carbocycles. The van der Waals surface area contributed by atoms with Crippen molar-refractivity contribution in [3.05, 3.63) is 0 Å². The van der Waals surface area contributed by atoms with Crippen LogP contribution in [0.5, 0.6) is 0 Å². The lowest BCUT2D eigenvalue weighted by molar-refractivity contribution is 0.0511. The lowest BCUT2D eigenvalue weighted by atomic mass is 10.1. The number of carbonyl (C=O) groups excluding carboxylic acids is 1. The Balaban J connectivity index is 1.72. The van der Waals surface area contributed by atoms with Gasteiger partial charge in [-0.25, -0.2) is 4.79 Å². The highest BCUT2D eigenvalue weighted by atomic mass is 16.6. The van der Waals surface area contributed by atoms with Crippen molar-refractivity contribution in [1.82, 2.24) is 5.32 Å². The van der Waals surface area contributed by atoms with Crippen LogP contribution in [0.1, 0.15) is 40.0 Å². The molecule has 0 aromatic carbocycles. The van der Waals surface area contributed by atoms with Gasteiger partial charge in [-0.15, -0.1) is 0 Å². The van der Waals surface area contributed by atoms with Crippen molar-refractivity contribution in [3.8, 4) is 0 Å². The van der Waals surface area contributed by atoms with Crippen LogP contribution in [-0.2, 0) is 9.47 Å². The number of epoxide rings is 1. The highest BCUT2D eigenvalue weighted by Gasteiger charge is 2.59. The number of hydrogen-bond donors (Lipinski definition) is 1. The molecule has 1 saturated heterocycles. The van der Waals surface area contributed by atoms with E-state index >= 15 is 0 Å². The Morgan fingerprint density at radius 1 is 1.60 bits per heavy atom. The molecule has 2 unspecified atom stereocenters. The number of alkyl carbamates (subject to hydrolysis) is 1. The second kappa shape index (κ2) is 3.37. The quantitative estimate of drug-likeness (QED) is 0.712. The predicted octanol–water partition coefficient (Wildman–Crippen LogP) is 1.83. The van der Waals surface area contributed by atoms with Crippen LogP contribution in [-0.4, -0.2) is 29.9 Å². The van der Waals surface area contributed by atoms with Gasteiger partial charge in [-0.1, -0.05) is 0 Å². The van der Waals surface area contributed by atoms with Crippen molar-refractivity contribution in [3.63, 3.8) is 0 Å². The first-order valence-corrected chi connectivity index (χ1v) is 5.56. The number of fused-ring (bicyclic) bond motifs is 1. The number of hydrogen-bond acceptors (Lipinski definition) is 3. The summed E-state index contributed by atoms with van der Waals surface area (Å²) in [6.07, 6.45) is 3.44.